The van der Waals surface area contributed by atoms with Crippen LogP contribution < -0.4 is 10.6 Å². The second-order valence-corrected chi connectivity index (χ2v) is 5.52. The average molecular weight is 318 g/mol. The topological polar surface area (TPSA) is 41.1 Å². The molecule has 0 aromatic heterocycles. The fourth-order valence-electron chi connectivity index (χ4n) is 1.89. The third-order valence-electron chi connectivity index (χ3n) is 2.89. The molecule has 1 saturated heterocycles. The monoisotopic (exact) mass is 316 g/mol. The highest BCUT2D eigenvalue weighted by atomic mass is 79.9. The molecule has 1 atom stereocenters. The molecule has 0 saturated carbocycles. The molecule has 1 heterocycles. The fourth-order valence-corrected chi connectivity index (χ4v) is 2.65. The van der Waals surface area contributed by atoms with Gasteiger partial charge in [0, 0.05) is 11.0 Å². The summed E-state index contributed by atoms with van der Waals surface area (Å²) in [6, 6.07) is 5.28. The van der Waals surface area contributed by atoms with Crippen molar-refractivity contribution in [3.63, 3.8) is 0 Å². The first-order chi connectivity index (χ1) is 8.16. The van der Waals surface area contributed by atoms with Gasteiger partial charge in [0.05, 0.1) is 10.6 Å². The van der Waals surface area contributed by atoms with Gasteiger partial charge in [-0.2, -0.15) is 0 Å². The van der Waals surface area contributed by atoms with Crippen molar-refractivity contribution in [1.82, 2.24) is 10.6 Å². The van der Waals surface area contributed by atoms with Gasteiger partial charge in [-0.05, 0) is 43.6 Å². The number of benzene rings is 1. The number of nitrogens with one attached hydrogen (secondary N) is 2. The number of hydrogen-bond donors (Lipinski definition) is 2. The predicted molar refractivity (Wildman–Crippen MR) is 72.5 cm³/mol. The maximum Gasteiger partial charge on any atom is 0.252 e. The zero-order valence-corrected chi connectivity index (χ0v) is 11.6. The number of hydrogen-bond acceptors (Lipinski definition) is 2. The molecule has 2 rings (SSSR count). The summed E-state index contributed by atoms with van der Waals surface area (Å²) < 4.78 is 0.874. The maximum absolute atomic E-state index is 11.9. The Bertz CT molecular complexity index is 419. The Balaban J connectivity index is 1.94. The van der Waals surface area contributed by atoms with Gasteiger partial charge < -0.3 is 10.6 Å². The molecule has 2 N–H and O–H groups in total. The summed E-state index contributed by atoms with van der Waals surface area (Å²) in [5.41, 5.74) is 0.529. The van der Waals surface area contributed by atoms with Crippen LogP contribution in [0.2, 0.25) is 5.02 Å². The summed E-state index contributed by atoms with van der Waals surface area (Å²) in [4.78, 5) is 11.9. The van der Waals surface area contributed by atoms with Gasteiger partial charge >= 0.3 is 0 Å². The Morgan fingerprint density at radius 1 is 1.59 bits per heavy atom. The molecular formula is C12H14BrClN2O. The van der Waals surface area contributed by atoms with Crippen molar-refractivity contribution in [1.29, 1.82) is 0 Å². The van der Waals surface area contributed by atoms with Crippen LogP contribution in [-0.4, -0.2) is 25.5 Å². The van der Waals surface area contributed by atoms with Crippen molar-refractivity contribution in [2.45, 2.75) is 6.42 Å². The van der Waals surface area contributed by atoms with Crippen LogP contribution in [0.15, 0.2) is 22.7 Å². The molecule has 1 aliphatic heterocycles. The molecule has 1 aromatic rings. The van der Waals surface area contributed by atoms with Gasteiger partial charge in [-0.25, -0.2) is 0 Å². The minimum absolute atomic E-state index is 0.102. The van der Waals surface area contributed by atoms with Gasteiger partial charge in [-0.3, -0.25) is 4.79 Å². The summed E-state index contributed by atoms with van der Waals surface area (Å²) in [5.74, 6) is 0.433. The third kappa shape index (κ3) is 3.44. The molecule has 0 spiro atoms. The zero-order valence-electron chi connectivity index (χ0n) is 9.30. The Morgan fingerprint density at radius 2 is 2.41 bits per heavy atom. The van der Waals surface area contributed by atoms with Crippen molar-refractivity contribution in [3.8, 4) is 0 Å². The summed E-state index contributed by atoms with van der Waals surface area (Å²) in [6.45, 7) is 2.73. The average Bonchev–Trinajstić information content (AvgIpc) is 2.78. The SMILES string of the molecule is O=C(NCC1CCNC1)c1ccc(Br)cc1Cl. The number of carbonyl (C=O) groups is 1. The van der Waals surface area contributed by atoms with Crippen LogP contribution in [0.5, 0.6) is 0 Å². The lowest BCUT2D eigenvalue weighted by Crippen LogP contribution is -2.30. The lowest BCUT2D eigenvalue weighted by molar-refractivity contribution is 0.0948. The molecule has 5 heteroatoms. The van der Waals surface area contributed by atoms with Gasteiger partial charge in [0.15, 0.2) is 0 Å². The molecule has 0 aliphatic carbocycles. The minimum atomic E-state index is -0.102. The zero-order chi connectivity index (χ0) is 12.3. The number of amides is 1. The van der Waals surface area contributed by atoms with Gasteiger partial charge in [0.1, 0.15) is 0 Å². The van der Waals surface area contributed by atoms with E-state index in [2.05, 4.69) is 26.6 Å². The van der Waals surface area contributed by atoms with Crippen LogP contribution in [0.1, 0.15) is 16.8 Å². The molecule has 1 aliphatic rings. The van der Waals surface area contributed by atoms with E-state index in [0.717, 1.165) is 24.0 Å². The summed E-state index contributed by atoms with van der Waals surface area (Å²) in [7, 11) is 0. The molecular weight excluding hydrogens is 304 g/mol. The van der Waals surface area contributed by atoms with E-state index >= 15 is 0 Å². The van der Waals surface area contributed by atoms with E-state index in [1.807, 2.05) is 6.07 Å². The van der Waals surface area contributed by atoms with Crippen molar-refractivity contribution in [2.24, 2.45) is 5.92 Å². The van der Waals surface area contributed by atoms with E-state index in [1.54, 1.807) is 12.1 Å². The fraction of sp³-hybridized carbons (Fsp3) is 0.417. The van der Waals surface area contributed by atoms with Crippen molar-refractivity contribution in [2.75, 3.05) is 19.6 Å². The van der Waals surface area contributed by atoms with Gasteiger partial charge in [-0.15, -0.1) is 0 Å². The number of halogens is 2. The smallest absolute Gasteiger partial charge is 0.252 e. The highest BCUT2D eigenvalue weighted by Gasteiger charge is 2.16. The molecule has 0 radical (unpaired) electrons. The Labute approximate surface area is 114 Å². The first kappa shape index (κ1) is 12.9. The van der Waals surface area contributed by atoms with Crippen molar-refractivity contribution >= 4 is 33.4 Å². The molecule has 0 bridgehead atoms. The summed E-state index contributed by atoms with van der Waals surface area (Å²) in [6.07, 6.45) is 1.12. The van der Waals surface area contributed by atoms with Crippen LogP contribution >= 0.6 is 27.5 Å². The molecule has 92 valence electrons. The largest absolute Gasteiger partial charge is 0.352 e. The van der Waals surface area contributed by atoms with Crippen molar-refractivity contribution in [3.05, 3.63) is 33.3 Å². The second-order valence-electron chi connectivity index (χ2n) is 4.19. The Hall–Kier alpha value is -0.580. The van der Waals surface area contributed by atoms with E-state index in [4.69, 9.17) is 11.6 Å². The number of carbonyl (C=O) groups excluding carboxylic acids is 1. The van der Waals surface area contributed by atoms with Gasteiger partial charge in [0.25, 0.3) is 5.91 Å². The minimum Gasteiger partial charge on any atom is -0.352 e. The van der Waals surface area contributed by atoms with Crippen LogP contribution in [0.25, 0.3) is 0 Å². The Kier molecular flexibility index (Phi) is 4.42. The predicted octanol–water partition coefficient (Wildman–Crippen LogP) is 2.44. The second kappa shape index (κ2) is 5.85. The lowest BCUT2D eigenvalue weighted by Gasteiger charge is -2.11. The van der Waals surface area contributed by atoms with E-state index < -0.39 is 0 Å². The summed E-state index contributed by atoms with van der Waals surface area (Å²) >= 11 is 9.33. The lowest BCUT2D eigenvalue weighted by atomic mass is 10.1. The molecule has 3 nitrogen and oxygen atoms in total. The third-order valence-corrected chi connectivity index (χ3v) is 3.70. The molecule has 17 heavy (non-hydrogen) atoms. The molecule has 1 amide bonds. The highest BCUT2D eigenvalue weighted by molar-refractivity contribution is 9.10. The van der Waals surface area contributed by atoms with Gasteiger partial charge in [-0.1, -0.05) is 27.5 Å². The quantitative estimate of drug-likeness (QED) is 0.899. The molecule has 1 aromatic carbocycles. The van der Waals surface area contributed by atoms with E-state index in [1.165, 1.54) is 0 Å². The van der Waals surface area contributed by atoms with Crippen LogP contribution in [0.4, 0.5) is 0 Å². The standard InChI is InChI=1S/C12H14BrClN2O/c13-9-1-2-10(11(14)5-9)12(17)16-7-8-3-4-15-6-8/h1-2,5,8,15H,3-4,6-7H2,(H,16,17). The normalized spacial score (nSPS) is 19.3. The first-order valence-corrected chi connectivity index (χ1v) is 6.78. The Morgan fingerprint density at radius 3 is 3.06 bits per heavy atom. The van der Waals surface area contributed by atoms with Crippen LogP contribution in [0.3, 0.4) is 0 Å². The maximum atomic E-state index is 11.9. The van der Waals surface area contributed by atoms with E-state index in [0.29, 0.717) is 23.0 Å². The van der Waals surface area contributed by atoms with Crippen LogP contribution in [0, 0.1) is 5.92 Å². The number of rotatable bonds is 3. The van der Waals surface area contributed by atoms with Crippen molar-refractivity contribution < 1.29 is 4.79 Å². The molecule has 1 fully saturated rings. The highest BCUT2D eigenvalue weighted by Crippen LogP contribution is 2.21. The van der Waals surface area contributed by atoms with E-state index in [9.17, 15) is 4.79 Å². The summed E-state index contributed by atoms with van der Waals surface area (Å²) in [5, 5.41) is 6.67. The van der Waals surface area contributed by atoms with E-state index in [-0.39, 0.29) is 5.91 Å². The van der Waals surface area contributed by atoms with Crippen LogP contribution in [-0.2, 0) is 0 Å². The van der Waals surface area contributed by atoms with Gasteiger partial charge in [0.2, 0.25) is 0 Å². The first-order valence-electron chi connectivity index (χ1n) is 5.61. The molecule has 1 unspecified atom stereocenters.